The van der Waals surface area contributed by atoms with E-state index in [0.29, 0.717) is 34.0 Å². The minimum absolute atomic E-state index is 0. The molecule has 2 aromatic heterocycles. The predicted molar refractivity (Wildman–Crippen MR) is 296 cm³/mol. The van der Waals surface area contributed by atoms with Gasteiger partial charge in [-0.25, -0.2) is 4.98 Å². The molecule has 0 radical (unpaired) electrons. The van der Waals surface area contributed by atoms with Crippen molar-refractivity contribution in [2.45, 2.75) is 118 Å². The average Bonchev–Trinajstić information content (AvgIpc) is 0.918. The van der Waals surface area contributed by atoms with E-state index < -0.39 is 97.9 Å². The molecule has 0 amide bonds. The third-order valence-corrected chi connectivity index (χ3v) is 12.8. The number of pyridine rings is 1. The molecule has 0 saturated carbocycles. The molecule has 0 bridgehead atoms. The van der Waals surface area contributed by atoms with Crippen molar-refractivity contribution in [3.8, 4) is 78.6 Å². The number of phenolic OH excluding ortho intramolecular Hbond substituents is 1. The SMILES string of the molecule is [2H]C([2H])([2H])c1cc(-c2c(-c3ccccc3)cccc2C(C)(C)C)ccc1-n1c(-c2cc(C(C([2H])([2H])[2H])(C([2H])([2H])[2H])C([2H])([2H])[2H])cc(C(C([2H])([2H])[2H])(C([2H])([2H])[2H])C([2H])([2H])[2H])c2O)nc2c(-c3[c-]c(-c4cc(-c5ccc(C)cc5)ccn4)cc(C(C)(C)C)c3)cccc21.[Pt]. The number of para-hydroxylation sites is 1. The maximum atomic E-state index is 13.2. The van der Waals surface area contributed by atoms with Gasteiger partial charge in [-0.05, 0) is 116 Å². The molecule has 2 heterocycles. The van der Waals surface area contributed by atoms with Crippen LogP contribution in [0.5, 0.6) is 5.75 Å². The molecule has 0 atom stereocenters. The summed E-state index contributed by atoms with van der Waals surface area (Å²) in [5, 5.41) is 13.2. The predicted octanol–water partition coefficient (Wildman–Crippen LogP) is 17.7. The van der Waals surface area contributed by atoms with Crippen LogP contribution in [0, 0.1) is 19.8 Å². The van der Waals surface area contributed by atoms with E-state index in [-0.39, 0.29) is 55.0 Å². The van der Waals surface area contributed by atoms with Gasteiger partial charge in [0, 0.05) is 67.3 Å². The van der Waals surface area contributed by atoms with E-state index in [2.05, 4.69) is 6.07 Å². The fourth-order valence-electron chi connectivity index (χ4n) is 9.07. The molecule has 1 N–H and O–H groups in total. The van der Waals surface area contributed by atoms with Crippen molar-refractivity contribution in [2.75, 3.05) is 0 Å². The Bertz CT molecular complexity index is 4160. The molecule has 71 heavy (non-hydrogen) atoms. The molecule has 0 aliphatic rings. The summed E-state index contributed by atoms with van der Waals surface area (Å²) < 4.78 is 188. The van der Waals surface area contributed by atoms with Gasteiger partial charge in [-0.15, -0.1) is 29.3 Å². The van der Waals surface area contributed by atoms with Crippen LogP contribution in [0.4, 0.5) is 0 Å². The third-order valence-electron chi connectivity index (χ3n) is 12.8. The van der Waals surface area contributed by atoms with Gasteiger partial charge in [-0.2, -0.15) is 0 Å². The van der Waals surface area contributed by atoms with Crippen LogP contribution in [-0.2, 0) is 42.7 Å². The summed E-state index contributed by atoms with van der Waals surface area (Å²) in [6.07, 6.45) is 1.67. The largest absolute Gasteiger partial charge is 0.507 e. The number of aromatic nitrogens is 3. The monoisotopic (exact) mass is 1130 g/mol. The number of phenols is 1. The van der Waals surface area contributed by atoms with E-state index in [1.54, 1.807) is 24.4 Å². The number of fused-ring (bicyclic) bond motifs is 1. The molecule has 0 aliphatic heterocycles. The molecule has 9 aromatic rings. The minimum atomic E-state index is -4.25. The van der Waals surface area contributed by atoms with E-state index >= 15 is 0 Å². The van der Waals surface area contributed by atoms with Gasteiger partial charge < -0.3 is 5.11 Å². The Morgan fingerprint density at radius 2 is 1.23 bits per heavy atom. The number of hydrogen-bond acceptors (Lipinski definition) is 3. The standard InChI is InChI=1S/C66H68N3O.Pt/c1-41-26-28-43(29-27-41)45-32-33-67-56(38-45)48-35-47(36-49(37-48)63(3,4)5)52-23-19-25-58-60(52)68-62(53-39-50(64(6,7)8)40-55(61(53)70)66(12,13)14)69(58)57-31-30-46(34-42(57)2)59-51(44-20-16-15-17-21-44)22-18-24-54(59)65(9,10)11;/h15-34,36-40,70H,1-14H3;/q-1;/i2D3,6D3,7D3,8D3,12D3,13D3,14D3;. The van der Waals surface area contributed by atoms with Gasteiger partial charge in [0.25, 0.3) is 0 Å². The molecule has 0 fully saturated rings. The summed E-state index contributed by atoms with van der Waals surface area (Å²) in [4.78, 5) is 9.88. The van der Waals surface area contributed by atoms with E-state index in [4.69, 9.17) is 34.6 Å². The summed E-state index contributed by atoms with van der Waals surface area (Å²) in [6.45, 7) is -14.2. The van der Waals surface area contributed by atoms with Gasteiger partial charge in [0.2, 0.25) is 0 Å². The number of hydrogen-bond donors (Lipinski definition) is 1. The fourth-order valence-corrected chi connectivity index (χ4v) is 9.07. The molecule has 0 saturated heterocycles. The third kappa shape index (κ3) is 10.1. The van der Waals surface area contributed by atoms with Crippen LogP contribution in [0.25, 0.3) is 83.9 Å². The smallest absolute Gasteiger partial charge is 0.148 e. The van der Waals surface area contributed by atoms with Crippen LogP contribution >= 0.6 is 0 Å². The van der Waals surface area contributed by atoms with Crippen molar-refractivity contribution in [3.63, 3.8) is 0 Å². The van der Waals surface area contributed by atoms with Gasteiger partial charge in [0.15, 0.2) is 0 Å². The van der Waals surface area contributed by atoms with Crippen LogP contribution in [0.3, 0.4) is 0 Å². The zero-order valence-corrected chi connectivity index (χ0v) is 42.8. The first-order valence-corrected chi connectivity index (χ1v) is 23.0. The van der Waals surface area contributed by atoms with Gasteiger partial charge in [0.1, 0.15) is 11.6 Å². The molecule has 364 valence electrons. The van der Waals surface area contributed by atoms with Crippen LogP contribution in [-0.4, -0.2) is 19.6 Å². The summed E-state index contributed by atoms with van der Waals surface area (Å²) in [5.41, 5.74) is -5.15. The fraction of sp³-hybridized carbons (Fsp3) is 0.273. The Morgan fingerprint density at radius 1 is 0.549 bits per heavy atom. The zero-order valence-electron chi connectivity index (χ0n) is 61.5. The van der Waals surface area contributed by atoms with Gasteiger partial charge in [0.05, 0.1) is 22.3 Å². The van der Waals surface area contributed by atoms with Crippen LogP contribution < -0.4 is 0 Å². The zero-order chi connectivity index (χ0) is 67.6. The minimum Gasteiger partial charge on any atom is -0.507 e. The van der Waals surface area contributed by atoms with E-state index in [0.717, 1.165) is 38.9 Å². The summed E-state index contributed by atoms with van der Waals surface area (Å²) in [6, 6.07) is 44.4. The first-order valence-electron chi connectivity index (χ1n) is 33.5. The van der Waals surface area contributed by atoms with E-state index in [1.165, 1.54) is 22.8 Å². The summed E-state index contributed by atoms with van der Waals surface area (Å²) in [5.74, 6) is -2.16. The van der Waals surface area contributed by atoms with Crippen molar-refractivity contribution in [2.24, 2.45) is 0 Å². The second kappa shape index (κ2) is 19.0. The number of aryl methyl sites for hydroxylation is 2. The van der Waals surface area contributed by atoms with Crippen molar-refractivity contribution in [1.82, 2.24) is 14.5 Å². The molecule has 0 spiro atoms. The second-order valence-electron chi connectivity index (χ2n) is 20.2. The maximum Gasteiger partial charge on any atom is 0.148 e. The van der Waals surface area contributed by atoms with Crippen molar-refractivity contribution < 1.29 is 55.0 Å². The van der Waals surface area contributed by atoms with E-state index in [9.17, 15) is 9.22 Å². The van der Waals surface area contributed by atoms with Crippen molar-refractivity contribution >= 4 is 11.0 Å². The topological polar surface area (TPSA) is 50.9 Å². The number of rotatable bonds is 7. The molecular weight excluding hydrogens is 1050 g/mol. The van der Waals surface area contributed by atoms with Gasteiger partial charge >= 0.3 is 0 Å². The van der Waals surface area contributed by atoms with Crippen LogP contribution in [0.15, 0.2) is 152 Å². The van der Waals surface area contributed by atoms with Crippen molar-refractivity contribution in [3.05, 3.63) is 191 Å². The van der Waals surface area contributed by atoms with Crippen LogP contribution in [0.2, 0.25) is 0 Å². The second-order valence-corrected chi connectivity index (χ2v) is 20.2. The molecule has 0 unspecified atom stereocenters. The first kappa shape index (κ1) is 30.5. The quantitative estimate of drug-likeness (QED) is 0.162. The Balaban J connectivity index is 0.0000109. The van der Waals surface area contributed by atoms with Gasteiger partial charge in [-0.3, -0.25) is 9.55 Å². The summed E-state index contributed by atoms with van der Waals surface area (Å²) >= 11 is 0. The Morgan fingerprint density at radius 3 is 1.92 bits per heavy atom. The normalized spacial score (nSPS) is 17.9. The number of imidazole rings is 1. The molecule has 7 aromatic carbocycles. The molecule has 5 heteroatoms. The molecule has 4 nitrogen and oxygen atoms in total. The number of benzene rings is 7. The maximum absolute atomic E-state index is 13.2. The first-order chi connectivity index (χ1) is 41.7. The summed E-state index contributed by atoms with van der Waals surface area (Å²) in [7, 11) is 0. The Kier molecular flexibility index (Phi) is 8.17. The molecule has 0 aliphatic carbocycles. The number of aromatic hydroxyl groups is 1. The van der Waals surface area contributed by atoms with Gasteiger partial charge in [-0.1, -0.05) is 202 Å². The van der Waals surface area contributed by atoms with Crippen LogP contribution in [0.1, 0.15) is 145 Å². The van der Waals surface area contributed by atoms with Crippen molar-refractivity contribution in [1.29, 1.82) is 0 Å². The Hall–Kier alpha value is -6.35. The number of nitrogens with zero attached hydrogens (tertiary/aromatic N) is 3. The van der Waals surface area contributed by atoms with E-state index in [1.807, 2.05) is 146 Å². The average molecular weight is 1140 g/mol. The Labute approximate surface area is 467 Å². The molecule has 9 rings (SSSR count). The molecular formula is C66H68N3OPt-.